The van der Waals surface area contributed by atoms with E-state index in [0.29, 0.717) is 17.0 Å². The van der Waals surface area contributed by atoms with Crippen LogP contribution < -0.4 is 0 Å². The zero-order chi connectivity index (χ0) is 17.0. The lowest BCUT2D eigenvalue weighted by atomic mass is 9.69. The second-order valence-electron chi connectivity index (χ2n) is 7.22. The van der Waals surface area contributed by atoms with E-state index < -0.39 is 24.1 Å². The molecule has 0 aromatic heterocycles. The minimum absolute atomic E-state index is 0.137. The molecule has 2 nitrogen and oxygen atoms in total. The minimum atomic E-state index is -0.989. The van der Waals surface area contributed by atoms with Crippen molar-refractivity contribution in [3.8, 4) is 0 Å². The summed E-state index contributed by atoms with van der Waals surface area (Å²) in [5.74, 6) is -0.530. The monoisotopic (exact) mass is 340 g/mol. The van der Waals surface area contributed by atoms with Crippen LogP contribution in [0.5, 0.6) is 0 Å². The standard InChI is InChI=1S/C17H20BClF2O2/c1-16(2)17(3,4)23-18(22-16)15(21)13-8-7-11(13)12-6-5-10(20)9-14(12)19/h5-6,9,11H,7-8H2,1-4H3. The minimum Gasteiger partial charge on any atom is -0.398 e. The van der Waals surface area contributed by atoms with Crippen LogP contribution in [0.25, 0.3) is 0 Å². The van der Waals surface area contributed by atoms with Gasteiger partial charge in [0.1, 0.15) is 11.5 Å². The van der Waals surface area contributed by atoms with E-state index in [1.54, 1.807) is 6.07 Å². The summed E-state index contributed by atoms with van der Waals surface area (Å²) < 4.78 is 39.6. The zero-order valence-corrected chi connectivity index (χ0v) is 14.5. The second-order valence-corrected chi connectivity index (χ2v) is 7.63. The van der Waals surface area contributed by atoms with Gasteiger partial charge in [-0.25, -0.2) is 8.78 Å². The summed E-state index contributed by atoms with van der Waals surface area (Å²) in [5, 5.41) is 0.328. The molecule has 2 aliphatic rings. The quantitative estimate of drug-likeness (QED) is 0.688. The third kappa shape index (κ3) is 2.83. The maximum Gasteiger partial charge on any atom is 0.525 e. The van der Waals surface area contributed by atoms with Crippen molar-refractivity contribution in [1.82, 2.24) is 0 Å². The Morgan fingerprint density at radius 1 is 1.22 bits per heavy atom. The first-order chi connectivity index (χ1) is 10.6. The smallest absolute Gasteiger partial charge is 0.398 e. The summed E-state index contributed by atoms with van der Waals surface area (Å²) in [7, 11) is -0.989. The molecule has 1 atom stereocenters. The molecule has 1 heterocycles. The maximum atomic E-state index is 14.9. The topological polar surface area (TPSA) is 18.5 Å². The summed E-state index contributed by atoms with van der Waals surface area (Å²) in [4.78, 5) is 0. The van der Waals surface area contributed by atoms with Gasteiger partial charge in [0, 0.05) is 10.9 Å². The molecule has 1 aromatic rings. The van der Waals surface area contributed by atoms with E-state index in [1.807, 2.05) is 27.7 Å². The van der Waals surface area contributed by atoms with E-state index in [2.05, 4.69) is 0 Å². The molecular formula is C17H20BClF2O2. The molecule has 2 fully saturated rings. The molecule has 0 radical (unpaired) electrons. The molecule has 1 aromatic carbocycles. The van der Waals surface area contributed by atoms with Crippen LogP contribution in [-0.4, -0.2) is 18.3 Å². The maximum absolute atomic E-state index is 14.9. The van der Waals surface area contributed by atoms with Gasteiger partial charge in [-0.2, -0.15) is 0 Å². The van der Waals surface area contributed by atoms with Gasteiger partial charge >= 0.3 is 7.12 Å². The first-order valence-electron chi connectivity index (χ1n) is 7.81. The lowest BCUT2D eigenvalue weighted by Gasteiger charge is -2.32. The van der Waals surface area contributed by atoms with E-state index in [1.165, 1.54) is 12.1 Å². The Balaban J connectivity index is 1.87. The van der Waals surface area contributed by atoms with E-state index >= 15 is 0 Å². The van der Waals surface area contributed by atoms with Crippen LogP contribution in [0.2, 0.25) is 5.02 Å². The average Bonchev–Trinajstić information content (AvgIpc) is 2.60. The van der Waals surface area contributed by atoms with Crippen LogP contribution in [0.3, 0.4) is 0 Å². The van der Waals surface area contributed by atoms with E-state index in [4.69, 9.17) is 20.9 Å². The molecular weight excluding hydrogens is 320 g/mol. The van der Waals surface area contributed by atoms with Crippen molar-refractivity contribution in [2.75, 3.05) is 0 Å². The Morgan fingerprint density at radius 2 is 1.83 bits per heavy atom. The molecule has 6 heteroatoms. The average molecular weight is 341 g/mol. The van der Waals surface area contributed by atoms with Crippen LogP contribution in [-0.2, 0) is 9.31 Å². The van der Waals surface area contributed by atoms with Crippen LogP contribution >= 0.6 is 11.6 Å². The summed E-state index contributed by atoms with van der Waals surface area (Å²) in [5.41, 5.74) is -0.150. The van der Waals surface area contributed by atoms with Gasteiger partial charge in [-0.15, -0.1) is 0 Å². The summed E-state index contributed by atoms with van der Waals surface area (Å²) in [6.45, 7) is 7.56. The van der Waals surface area contributed by atoms with Crippen molar-refractivity contribution in [3.63, 3.8) is 0 Å². The molecule has 1 aliphatic carbocycles. The van der Waals surface area contributed by atoms with Crippen molar-refractivity contribution in [3.05, 3.63) is 45.9 Å². The van der Waals surface area contributed by atoms with E-state index in [-0.39, 0.29) is 11.6 Å². The van der Waals surface area contributed by atoms with Crippen molar-refractivity contribution >= 4 is 18.7 Å². The Hall–Kier alpha value is -0.905. The second kappa shape index (κ2) is 5.57. The Bertz CT molecular complexity index is 657. The van der Waals surface area contributed by atoms with Crippen molar-refractivity contribution in [2.45, 2.75) is 57.7 Å². The number of hydrogen-bond donors (Lipinski definition) is 0. The number of rotatable bonds is 2. The third-order valence-electron chi connectivity index (χ3n) is 5.23. The van der Waals surface area contributed by atoms with Crippen LogP contribution in [0.4, 0.5) is 8.78 Å². The summed E-state index contributed by atoms with van der Waals surface area (Å²) in [6, 6.07) is 4.24. The highest BCUT2D eigenvalue weighted by atomic mass is 35.5. The summed E-state index contributed by atoms with van der Waals surface area (Å²) >= 11 is 6.11. The molecule has 0 spiro atoms. The predicted octanol–water partition coefficient (Wildman–Crippen LogP) is 5.21. The molecule has 1 aliphatic heterocycles. The molecule has 0 N–H and O–H groups in total. The zero-order valence-electron chi connectivity index (χ0n) is 13.8. The SMILES string of the molecule is CC1(C)OB(C(F)=C2CCC2c2ccc(F)cc2Cl)OC1(C)C. The van der Waals surface area contributed by atoms with Gasteiger partial charge in [-0.3, -0.25) is 0 Å². The number of benzene rings is 1. The van der Waals surface area contributed by atoms with Crippen LogP contribution in [0.1, 0.15) is 52.0 Å². The van der Waals surface area contributed by atoms with Crippen molar-refractivity contribution in [1.29, 1.82) is 0 Å². The lowest BCUT2D eigenvalue weighted by Crippen LogP contribution is -2.41. The number of hydrogen-bond acceptors (Lipinski definition) is 2. The van der Waals surface area contributed by atoms with Gasteiger partial charge in [0.05, 0.1) is 11.2 Å². The third-order valence-corrected chi connectivity index (χ3v) is 5.56. The number of halogens is 3. The van der Waals surface area contributed by atoms with E-state index in [9.17, 15) is 8.78 Å². The van der Waals surface area contributed by atoms with Crippen LogP contribution in [0.15, 0.2) is 29.5 Å². The molecule has 124 valence electrons. The van der Waals surface area contributed by atoms with Gasteiger partial charge < -0.3 is 9.31 Å². The molecule has 23 heavy (non-hydrogen) atoms. The molecule has 1 saturated heterocycles. The Morgan fingerprint density at radius 3 is 2.30 bits per heavy atom. The van der Waals surface area contributed by atoms with Gasteiger partial charge in [-0.05, 0) is 63.8 Å². The molecule has 0 bridgehead atoms. The Labute approximate surface area is 140 Å². The molecule has 1 unspecified atom stereocenters. The fourth-order valence-electron chi connectivity index (χ4n) is 2.94. The molecule has 3 rings (SSSR count). The first-order valence-corrected chi connectivity index (χ1v) is 8.19. The predicted molar refractivity (Wildman–Crippen MR) is 87.6 cm³/mol. The van der Waals surface area contributed by atoms with Gasteiger partial charge in [0.25, 0.3) is 0 Å². The van der Waals surface area contributed by atoms with Crippen LogP contribution in [0, 0.1) is 5.82 Å². The highest BCUT2D eigenvalue weighted by Gasteiger charge is 2.54. The largest absolute Gasteiger partial charge is 0.525 e. The normalized spacial score (nSPS) is 27.8. The fourth-order valence-corrected chi connectivity index (χ4v) is 3.24. The van der Waals surface area contributed by atoms with Gasteiger partial charge in [0.2, 0.25) is 0 Å². The summed E-state index contributed by atoms with van der Waals surface area (Å²) in [6.07, 6.45) is 1.42. The first kappa shape index (κ1) is 16.9. The fraction of sp³-hybridized carbons (Fsp3) is 0.529. The van der Waals surface area contributed by atoms with E-state index in [0.717, 1.165) is 12.0 Å². The number of allylic oxidation sites excluding steroid dienone is 1. The van der Waals surface area contributed by atoms with Crippen molar-refractivity contribution in [2.24, 2.45) is 0 Å². The van der Waals surface area contributed by atoms with Crippen molar-refractivity contribution < 1.29 is 18.1 Å². The van der Waals surface area contributed by atoms with Gasteiger partial charge in [-0.1, -0.05) is 17.7 Å². The van der Waals surface area contributed by atoms with Gasteiger partial charge in [0.15, 0.2) is 0 Å². The highest BCUT2D eigenvalue weighted by molar-refractivity contribution is 6.54. The highest BCUT2D eigenvalue weighted by Crippen LogP contribution is 2.48. The Kier molecular flexibility index (Phi) is 4.10. The molecule has 1 saturated carbocycles. The molecule has 0 amide bonds. The lowest BCUT2D eigenvalue weighted by molar-refractivity contribution is 0.00578.